The minimum absolute atomic E-state index is 0.254. The van der Waals surface area contributed by atoms with Gasteiger partial charge in [-0.15, -0.1) is 0 Å². The second-order valence-corrected chi connectivity index (χ2v) is 4.32. The molecule has 1 aromatic carbocycles. The van der Waals surface area contributed by atoms with Crippen LogP contribution in [-0.4, -0.2) is 29.0 Å². The van der Waals surface area contributed by atoms with Gasteiger partial charge in [0.15, 0.2) is 0 Å². The fraction of sp³-hybridized carbons (Fsp3) is 0.455. The maximum Gasteiger partial charge on any atom is 0.0972 e. The third-order valence-electron chi connectivity index (χ3n) is 2.06. The molecule has 0 aliphatic heterocycles. The lowest BCUT2D eigenvalue weighted by atomic mass is 10.1. The highest BCUT2D eigenvalue weighted by Gasteiger charge is 2.17. The largest absolute Gasteiger partial charge is 0.393 e. The van der Waals surface area contributed by atoms with E-state index in [4.69, 9.17) is 16.7 Å². The molecule has 84 valence electrons. The first-order valence-corrected chi connectivity index (χ1v) is 5.20. The van der Waals surface area contributed by atoms with Gasteiger partial charge in [-0.1, -0.05) is 23.7 Å². The Bertz CT molecular complexity index is 315. The molecule has 0 bridgehead atoms. The lowest BCUT2D eigenvalue weighted by Gasteiger charge is -2.20. The second kappa shape index (κ2) is 5.47. The molecule has 4 heteroatoms. The Morgan fingerprint density at radius 3 is 2.80 bits per heavy atom. The molecular formula is C11H16ClNO2. The van der Waals surface area contributed by atoms with Gasteiger partial charge in [-0.25, -0.2) is 0 Å². The van der Waals surface area contributed by atoms with E-state index in [1.165, 1.54) is 0 Å². The minimum atomic E-state index is -1.07. The first-order chi connectivity index (χ1) is 7.03. The number of nitrogens with one attached hydrogen (secondary N) is 1. The Hall–Kier alpha value is -0.610. The molecule has 0 amide bonds. The molecule has 15 heavy (non-hydrogen) atoms. The van der Waals surface area contributed by atoms with Crippen LogP contribution in [0.15, 0.2) is 24.3 Å². The van der Waals surface area contributed by atoms with Crippen LogP contribution in [0.2, 0.25) is 5.02 Å². The summed E-state index contributed by atoms with van der Waals surface area (Å²) in [7, 11) is 0. The normalized spacial score (nSPS) is 14.9. The van der Waals surface area contributed by atoms with E-state index in [0.717, 1.165) is 5.56 Å². The Morgan fingerprint density at radius 1 is 1.47 bits per heavy atom. The Balaban J connectivity index is 2.38. The van der Waals surface area contributed by atoms with Crippen molar-refractivity contribution < 1.29 is 10.2 Å². The van der Waals surface area contributed by atoms with E-state index in [9.17, 15) is 5.11 Å². The molecule has 0 saturated heterocycles. The van der Waals surface area contributed by atoms with E-state index in [1.54, 1.807) is 6.92 Å². The molecule has 0 fully saturated rings. The van der Waals surface area contributed by atoms with Crippen LogP contribution in [0.25, 0.3) is 0 Å². The number of hydrogen-bond donors (Lipinski definition) is 3. The van der Waals surface area contributed by atoms with E-state index in [0.29, 0.717) is 18.1 Å². The van der Waals surface area contributed by atoms with Crippen molar-refractivity contribution >= 4 is 11.6 Å². The highest BCUT2D eigenvalue weighted by molar-refractivity contribution is 6.30. The number of benzene rings is 1. The fourth-order valence-electron chi connectivity index (χ4n) is 1.18. The minimum Gasteiger partial charge on any atom is -0.393 e. The van der Waals surface area contributed by atoms with Crippen LogP contribution in [0.5, 0.6) is 0 Å². The van der Waals surface area contributed by atoms with Crippen molar-refractivity contribution in [2.24, 2.45) is 0 Å². The van der Waals surface area contributed by atoms with Crippen LogP contribution in [0, 0.1) is 0 Å². The summed E-state index contributed by atoms with van der Waals surface area (Å²) >= 11 is 5.82. The van der Waals surface area contributed by atoms with Gasteiger partial charge in [0.2, 0.25) is 0 Å². The number of hydrogen-bond acceptors (Lipinski definition) is 3. The Labute approximate surface area is 94.7 Å². The molecule has 3 nitrogen and oxygen atoms in total. The maximum absolute atomic E-state index is 9.52. The molecule has 0 saturated carbocycles. The summed E-state index contributed by atoms with van der Waals surface area (Å²) < 4.78 is 0. The van der Waals surface area contributed by atoms with Crippen molar-refractivity contribution in [3.63, 3.8) is 0 Å². The number of aliphatic hydroxyl groups excluding tert-OH is 1. The quantitative estimate of drug-likeness (QED) is 0.711. The van der Waals surface area contributed by atoms with E-state index in [2.05, 4.69) is 5.32 Å². The molecule has 0 aliphatic rings. The first-order valence-electron chi connectivity index (χ1n) is 4.82. The van der Waals surface area contributed by atoms with Gasteiger partial charge in [-0.3, -0.25) is 0 Å². The SMILES string of the molecule is CC(O)(CO)CNCc1cccc(Cl)c1. The average molecular weight is 230 g/mol. The Kier molecular flexibility index (Phi) is 4.54. The maximum atomic E-state index is 9.52. The molecule has 1 rings (SSSR count). The highest BCUT2D eigenvalue weighted by Crippen LogP contribution is 2.10. The summed E-state index contributed by atoms with van der Waals surface area (Å²) in [5.41, 5.74) is -0.0188. The fourth-order valence-corrected chi connectivity index (χ4v) is 1.39. The standard InChI is InChI=1S/C11H16ClNO2/c1-11(15,8-14)7-13-6-9-3-2-4-10(12)5-9/h2-5,13-15H,6-8H2,1H3. The lowest BCUT2D eigenvalue weighted by Crippen LogP contribution is -2.40. The topological polar surface area (TPSA) is 52.5 Å². The second-order valence-electron chi connectivity index (χ2n) is 3.89. The van der Waals surface area contributed by atoms with Gasteiger partial charge in [0.25, 0.3) is 0 Å². The van der Waals surface area contributed by atoms with E-state index >= 15 is 0 Å². The molecule has 1 atom stereocenters. The predicted molar refractivity (Wildman–Crippen MR) is 60.9 cm³/mol. The average Bonchev–Trinajstić information content (AvgIpc) is 2.18. The summed E-state index contributed by atoms with van der Waals surface area (Å²) in [4.78, 5) is 0. The summed E-state index contributed by atoms with van der Waals surface area (Å²) in [6, 6.07) is 7.51. The third-order valence-corrected chi connectivity index (χ3v) is 2.30. The van der Waals surface area contributed by atoms with Gasteiger partial charge in [0.1, 0.15) is 0 Å². The van der Waals surface area contributed by atoms with E-state index in [-0.39, 0.29) is 6.61 Å². The van der Waals surface area contributed by atoms with Gasteiger partial charge >= 0.3 is 0 Å². The van der Waals surface area contributed by atoms with Crippen LogP contribution in [0.3, 0.4) is 0 Å². The molecule has 1 unspecified atom stereocenters. The molecule has 0 radical (unpaired) electrons. The monoisotopic (exact) mass is 229 g/mol. The van der Waals surface area contributed by atoms with Crippen molar-refractivity contribution in [3.8, 4) is 0 Å². The van der Waals surface area contributed by atoms with Crippen LogP contribution in [0.4, 0.5) is 0 Å². The van der Waals surface area contributed by atoms with E-state index in [1.807, 2.05) is 24.3 Å². The van der Waals surface area contributed by atoms with Gasteiger partial charge in [-0.2, -0.15) is 0 Å². The van der Waals surface area contributed by atoms with Crippen molar-refractivity contribution in [1.82, 2.24) is 5.32 Å². The predicted octanol–water partition coefficient (Wildman–Crippen LogP) is 1.17. The number of aliphatic hydroxyl groups is 2. The summed E-state index contributed by atoms with van der Waals surface area (Å²) in [5.74, 6) is 0. The smallest absolute Gasteiger partial charge is 0.0972 e. The molecule has 0 aliphatic carbocycles. The highest BCUT2D eigenvalue weighted by atomic mass is 35.5. The molecule has 0 heterocycles. The van der Waals surface area contributed by atoms with Crippen LogP contribution < -0.4 is 5.32 Å². The van der Waals surface area contributed by atoms with Crippen LogP contribution in [-0.2, 0) is 6.54 Å². The summed E-state index contributed by atoms with van der Waals surface area (Å²) in [6.07, 6.45) is 0. The van der Waals surface area contributed by atoms with Crippen LogP contribution >= 0.6 is 11.6 Å². The molecule has 3 N–H and O–H groups in total. The van der Waals surface area contributed by atoms with Crippen molar-refractivity contribution in [1.29, 1.82) is 0 Å². The van der Waals surface area contributed by atoms with E-state index < -0.39 is 5.60 Å². The van der Waals surface area contributed by atoms with Gasteiger partial charge < -0.3 is 15.5 Å². The molecular weight excluding hydrogens is 214 g/mol. The number of rotatable bonds is 5. The van der Waals surface area contributed by atoms with Crippen molar-refractivity contribution in [2.45, 2.75) is 19.1 Å². The molecule has 0 aromatic heterocycles. The van der Waals surface area contributed by atoms with Crippen molar-refractivity contribution in [2.75, 3.05) is 13.2 Å². The lowest BCUT2D eigenvalue weighted by molar-refractivity contribution is 0.00254. The first kappa shape index (κ1) is 12.5. The van der Waals surface area contributed by atoms with Crippen molar-refractivity contribution in [3.05, 3.63) is 34.9 Å². The Morgan fingerprint density at radius 2 is 2.20 bits per heavy atom. The summed E-state index contributed by atoms with van der Waals surface area (Å²) in [5, 5.41) is 22.1. The van der Waals surface area contributed by atoms with Gasteiger partial charge in [0, 0.05) is 18.1 Å². The van der Waals surface area contributed by atoms with Gasteiger partial charge in [0.05, 0.1) is 12.2 Å². The zero-order valence-electron chi connectivity index (χ0n) is 8.70. The number of halogens is 1. The zero-order chi connectivity index (χ0) is 11.3. The molecule has 0 spiro atoms. The summed E-state index contributed by atoms with van der Waals surface area (Å²) in [6.45, 7) is 2.29. The zero-order valence-corrected chi connectivity index (χ0v) is 9.46. The third kappa shape index (κ3) is 4.62. The molecule has 1 aromatic rings. The van der Waals surface area contributed by atoms with Gasteiger partial charge in [-0.05, 0) is 24.6 Å². The van der Waals surface area contributed by atoms with Crippen LogP contribution in [0.1, 0.15) is 12.5 Å².